The van der Waals surface area contributed by atoms with Crippen molar-refractivity contribution in [1.29, 1.82) is 0 Å². The van der Waals surface area contributed by atoms with Crippen molar-refractivity contribution in [2.45, 2.75) is 69.8 Å². The molecule has 3 aromatic rings. The van der Waals surface area contributed by atoms with Crippen molar-refractivity contribution in [2.75, 3.05) is 19.6 Å². The van der Waals surface area contributed by atoms with Crippen LogP contribution in [0.25, 0.3) is 0 Å². The Balaban J connectivity index is 1.20. The van der Waals surface area contributed by atoms with Gasteiger partial charge in [0, 0.05) is 18.8 Å². The standard InChI is InChI=1S/C30H37N3O3/c34-30(25-12-6-2-7-13-25,26-14-8-3-9-15-26)29-32-31-28(36-29)21-33-18-16-24(17-19-33)27(20-33)35-22-23-10-4-1-5-11-23/h1-2,4-7,10-13,24,26-27H,3,8-9,14-22H2/t24?,27?,30-,33?/m0/s1. The zero-order valence-electron chi connectivity index (χ0n) is 21.1. The third kappa shape index (κ3) is 4.62. The molecule has 1 aromatic heterocycles. The minimum atomic E-state index is -1.48. The Morgan fingerprint density at radius 1 is 0.889 bits per heavy atom. The van der Waals surface area contributed by atoms with Crippen LogP contribution in [0.15, 0.2) is 65.1 Å². The predicted octanol–water partition coefficient (Wildman–Crippen LogP) is 4.58. The second-order valence-corrected chi connectivity index (χ2v) is 11.2. The summed E-state index contributed by atoms with van der Waals surface area (Å²) < 4.78 is 13.6. The predicted molar refractivity (Wildman–Crippen MR) is 134 cm³/mol. The molecule has 0 spiro atoms. The van der Waals surface area contributed by atoms with E-state index in [-0.39, 0.29) is 17.9 Å². The van der Waals surface area contributed by atoms with Gasteiger partial charge in [0.2, 0.25) is 5.89 Å². The molecule has 1 aliphatic carbocycles. The molecule has 4 fully saturated rings. The van der Waals surface area contributed by atoms with Crippen LogP contribution in [0.3, 0.4) is 0 Å². The Morgan fingerprint density at radius 2 is 1.58 bits per heavy atom. The van der Waals surface area contributed by atoms with Crippen molar-refractivity contribution in [3.8, 4) is 0 Å². The van der Waals surface area contributed by atoms with E-state index in [1.165, 1.54) is 12.0 Å². The van der Waals surface area contributed by atoms with Crippen LogP contribution in [0.2, 0.25) is 0 Å². The van der Waals surface area contributed by atoms with Gasteiger partial charge < -0.3 is 18.7 Å². The van der Waals surface area contributed by atoms with Gasteiger partial charge in [-0.3, -0.25) is 0 Å². The van der Waals surface area contributed by atoms with Gasteiger partial charge in [-0.15, -0.1) is 10.2 Å². The largest absolute Gasteiger partial charge is 0.839 e. The minimum Gasteiger partial charge on any atom is -0.839 e. The van der Waals surface area contributed by atoms with Gasteiger partial charge in [-0.2, -0.15) is 0 Å². The van der Waals surface area contributed by atoms with Crippen LogP contribution in [0.4, 0.5) is 0 Å². The van der Waals surface area contributed by atoms with E-state index in [0.717, 1.165) is 68.2 Å². The number of nitrogens with zero attached hydrogens (tertiary/aromatic N) is 3. The molecule has 36 heavy (non-hydrogen) atoms. The van der Waals surface area contributed by atoms with Crippen LogP contribution in [-0.2, 0) is 23.5 Å². The molecule has 2 bridgehead atoms. The van der Waals surface area contributed by atoms with E-state index in [1.54, 1.807) is 0 Å². The lowest BCUT2D eigenvalue weighted by Gasteiger charge is -2.51. The fourth-order valence-corrected chi connectivity index (χ4v) is 6.89. The average molecular weight is 488 g/mol. The van der Waals surface area contributed by atoms with Gasteiger partial charge in [0.25, 0.3) is 5.89 Å². The highest BCUT2D eigenvalue weighted by atomic mass is 16.5. The van der Waals surface area contributed by atoms with E-state index in [9.17, 15) is 5.11 Å². The summed E-state index contributed by atoms with van der Waals surface area (Å²) in [6.07, 6.45) is 7.79. The van der Waals surface area contributed by atoms with Crippen molar-refractivity contribution >= 4 is 0 Å². The molecule has 0 radical (unpaired) electrons. The first kappa shape index (κ1) is 23.8. The summed E-state index contributed by atoms with van der Waals surface area (Å²) in [5.74, 6) is 1.46. The number of hydrogen-bond donors (Lipinski definition) is 0. The maximum Gasteiger partial charge on any atom is 0.271 e. The van der Waals surface area contributed by atoms with Crippen molar-refractivity contribution in [3.63, 3.8) is 0 Å². The van der Waals surface area contributed by atoms with Gasteiger partial charge in [-0.05, 0) is 22.6 Å². The van der Waals surface area contributed by atoms with Crippen LogP contribution in [0.5, 0.6) is 0 Å². The number of quaternary nitrogens is 1. The lowest BCUT2D eigenvalue weighted by Crippen LogP contribution is -2.63. The zero-order chi connectivity index (χ0) is 24.4. The summed E-state index contributed by atoms with van der Waals surface area (Å²) in [6, 6.07) is 20.1. The summed E-state index contributed by atoms with van der Waals surface area (Å²) in [6.45, 7) is 4.53. The van der Waals surface area contributed by atoms with Crippen LogP contribution in [0.1, 0.15) is 67.9 Å². The fraction of sp³-hybridized carbons (Fsp3) is 0.533. The number of piperidine rings is 3. The Bertz CT molecular complexity index is 1120. The molecule has 3 saturated heterocycles. The normalized spacial score (nSPS) is 28.1. The van der Waals surface area contributed by atoms with Crippen molar-refractivity contribution < 1.29 is 18.7 Å². The molecule has 2 aromatic carbocycles. The molecule has 4 aliphatic rings. The molecule has 4 heterocycles. The molecule has 3 aliphatic heterocycles. The van der Waals surface area contributed by atoms with Crippen LogP contribution in [-0.4, -0.2) is 40.4 Å². The molecule has 0 N–H and O–H groups in total. The average Bonchev–Trinajstić information content (AvgIpc) is 3.42. The smallest absolute Gasteiger partial charge is 0.271 e. The van der Waals surface area contributed by atoms with Gasteiger partial charge in [0.1, 0.15) is 12.6 Å². The zero-order valence-corrected chi connectivity index (χ0v) is 21.1. The van der Waals surface area contributed by atoms with E-state index in [4.69, 9.17) is 9.15 Å². The Morgan fingerprint density at radius 3 is 2.31 bits per heavy atom. The second-order valence-electron chi connectivity index (χ2n) is 11.2. The van der Waals surface area contributed by atoms with Gasteiger partial charge >= 0.3 is 0 Å². The molecule has 6 nitrogen and oxygen atoms in total. The van der Waals surface area contributed by atoms with Crippen LogP contribution >= 0.6 is 0 Å². The highest BCUT2D eigenvalue weighted by Gasteiger charge is 2.47. The topological polar surface area (TPSA) is 71.2 Å². The van der Waals surface area contributed by atoms with Gasteiger partial charge in [-0.1, -0.05) is 92.8 Å². The molecule has 190 valence electrons. The Hall–Kier alpha value is -2.54. The van der Waals surface area contributed by atoms with Gasteiger partial charge in [0.05, 0.1) is 19.7 Å². The lowest BCUT2D eigenvalue weighted by molar-refractivity contribution is -0.959. The molecule has 6 heteroatoms. The number of hydrogen-bond acceptors (Lipinski definition) is 5. The molecule has 7 rings (SSSR count). The van der Waals surface area contributed by atoms with Crippen molar-refractivity contribution in [3.05, 3.63) is 83.6 Å². The Kier molecular flexibility index (Phi) is 6.67. The SMILES string of the molecule is [O-][C@](c1ccccc1)(c1nnc(C[N+]23CCC(CC2)C(OCc2ccccc2)C3)o1)C1CCCCC1. The number of benzene rings is 2. The maximum atomic E-state index is 14.6. The van der Waals surface area contributed by atoms with E-state index in [2.05, 4.69) is 34.5 Å². The van der Waals surface area contributed by atoms with E-state index in [1.807, 2.05) is 36.4 Å². The van der Waals surface area contributed by atoms with E-state index in [0.29, 0.717) is 25.0 Å². The first-order valence-electron chi connectivity index (χ1n) is 13.7. The first-order valence-corrected chi connectivity index (χ1v) is 13.7. The Labute approximate surface area is 213 Å². The van der Waals surface area contributed by atoms with E-state index >= 15 is 0 Å². The second kappa shape index (κ2) is 10.1. The van der Waals surface area contributed by atoms with Gasteiger partial charge in [0.15, 0.2) is 6.54 Å². The summed E-state index contributed by atoms with van der Waals surface area (Å²) >= 11 is 0. The third-order valence-corrected chi connectivity index (χ3v) is 8.99. The molecule has 1 unspecified atom stereocenters. The number of rotatable bonds is 8. The highest BCUT2D eigenvalue weighted by Crippen LogP contribution is 2.42. The van der Waals surface area contributed by atoms with Crippen molar-refractivity contribution in [2.24, 2.45) is 11.8 Å². The number of fused-ring (bicyclic) bond motifs is 3. The van der Waals surface area contributed by atoms with Gasteiger partial charge in [-0.25, -0.2) is 0 Å². The number of aromatic nitrogens is 2. The van der Waals surface area contributed by atoms with Crippen molar-refractivity contribution in [1.82, 2.24) is 10.2 Å². The summed E-state index contributed by atoms with van der Waals surface area (Å²) in [7, 11) is 0. The molecular formula is C30H37N3O3. The van der Waals surface area contributed by atoms with Crippen LogP contribution < -0.4 is 5.11 Å². The number of ether oxygens (including phenoxy) is 1. The summed E-state index contributed by atoms with van der Waals surface area (Å²) in [4.78, 5) is 0. The first-order chi connectivity index (χ1) is 17.6. The lowest BCUT2D eigenvalue weighted by atomic mass is 9.73. The summed E-state index contributed by atoms with van der Waals surface area (Å²) in [5.41, 5.74) is 0.480. The molecule has 2 atom stereocenters. The fourth-order valence-electron chi connectivity index (χ4n) is 6.89. The minimum absolute atomic E-state index is 0.0181. The molecule has 1 saturated carbocycles. The third-order valence-electron chi connectivity index (χ3n) is 8.99. The molecule has 0 amide bonds. The molecular weight excluding hydrogens is 450 g/mol. The highest BCUT2D eigenvalue weighted by molar-refractivity contribution is 5.29. The monoisotopic (exact) mass is 487 g/mol. The quantitative estimate of drug-likeness (QED) is 0.435. The van der Waals surface area contributed by atoms with Crippen LogP contribution in [0, 0.1) is 11.8 Å². The maximum absolute atomic E-state index is 14.6. The summed E-state index contributed by atoms with van der Waals surface area (Å²) in [5, 5.41) is 23.4. The van der Waals surface area contributed by atoms with E-state index < -0.39 is 5.60 Å².